The van der Waals surface area contributed by atoms with Crippen molar-refractivity contribution in [2.75, 3.05) is 32.7 Å². The molecule has 4 nitrogen and oxygen atoms in total. The third-order valence-corrected chi connectivity index (χ3v) is 3.24. The summed E-state index contributed by atoms with van der Waals surface area (Å²) in [6.07, 6.45) is 0. The molecule has 0 radical (unpaired) electrons. The van der Waals surface area contributed by atoms with Gasteiger partial charge in [-0.15, -0.1) is 0 Å². The lowest BCUT2D eigenvalue weighted by atomic mass is 10.1. The summed E-state index contributed by atoms with van der Waals surface area (Å²) < 4.78 is 13.3. The van der Waals surface area contributed by atoms with E-state index in [1.165, 1.54) is 12.1 Å². The van der Waals surface area contributed by atoms with Crippen molar-refractivity contribution in [3.8, 4) is 6.07 Å². The molecule has 1 aliphatic heterocycles. The highest BCUT2D eigenvalue weighted by molar-refractivity contribution is 5.94. The van der Waals surface area contributed by atoms with Crippen LogP contribution in [0, 0.1) is 24.1 Å². The maximum atomic E-state index is 13.3. The molecular weight excluding hydrogens is 245 g/mol. The smallest absolute Gasteiger partial charge is 0.254 e. The van der Waals surface area contributed by atoms with Crippen LogP contribution in [0.2, 0.25) is 0 Å². The van der Waals surface area contributed by atoms with Crippen molar-refractivity contribution < 1.29 is 9.18 Å². The number of aryl methyl sites for hydroxylation is 1. The number of amides is 1. The number of carbonyl (C=O) groups excluding carboxylic acids is 1. The molecule has 0 aromatic heterocycles. The Hall–Kier alpha value is -1.93. The number of hydrogen-bond acceptors (Lipinski definition) is 3. The molecule has 1 aliphatic rings. The largest absolute Gasteiger partial charge is 0.336 e. The number of nitriles is 1. The second-order valence-corrected chi connectivity index (χ2v) is 4.74. The van der Waals surface area contributed by atoms with Gasteiger partial charge in [-0.2, -0.15) is 5.26 Å². The lowest BCUT2D eigenvalue weighted by molar-refractivity contribution is 0.0651. The normalized spacial score (nSPS) is 16.2. The maximum Gasteiger partial charge on any atom is 0.254 e. The summed E-state index contributed by atoms with van der Waals surface area (Å²) in [5.74, 6) is -0.523. The number of halogens is 1. The average Bonchev–Trinajstić information content (AvgIpc) is 2.38. The highest BCUT2D eigenvalue weighted by Crippen LogP contribution is 2.12. The third-order valence-electron chi connectivity index (χ3n) is 3.24. The lowest BCUT2D eigenvalue weighted by Gasteiger charge is -2.33. The minimum absolute atomic E-state index is 0.140. The summed E-state index contributed by atoms with van der Waals surface area (Å²) in [6, 6.07) is 6.48. The quantitative estimate of drug-likeness (QED) is 0.756. The first-order valence-electron chi connectivity index (χ1n) is 6.26. The van der Waals surface area contributed by atoms with Gasteiger partial charge in [0.1, 0.15) is 5.82 Å². The summed E-state index contributed by atoms with van der Waals surface area (Å²) in [4.78, 5) is 16.0. The summed E-state index contributed by atoms with van der Waals surface area (Å²) in [5, 5.41) is 8.62. The van der Waals surface area contributed by atoms with Gasteiger partial charge in [0.15, 0.2) is 0 Å². The molecule has 0 atom stereocenters. The van der Waals surface area contributed by atoms with Gasteiger partial charge in [-0.05, 0) is 30.7 Å². The lowest BCUT2D eigenvalue weighted by Crippen LogP contribution is -2.48. The Balaban J connectivity index is 2.03. The molecule has 5 heteroatoms. The summed E-state index contributed by atoms with van der Waals surface area (Å²) in [5.41, 5.74) is 1.14. The van der Waals surface area contributed by atoms with E-state index in [-0.39, 0.29) is 11.7 Å². The van der Waals surface area contributed by atoms with Crippen LogP contribution in [-0.2, 0) is 0 Å². The molecule has 1 fully saturated rings. The van der Waals surface area contributed by atoms with E-state index in [0.717, 1.165) is 5.56 Å². The van der Waals surface area contributed by atoms with Crippen LogP contribution in [0.1, 0.15) is 15.9 Å². The minimum atomic E-state index is -0.383. The molecule has 1 heterocycles. The number of hydrogen-bond donors (Lipinski definition) is 0. The van der Waals surface area contributed by atoms with E-state index in [0.29, 0.717) is 38.3 Å². The average molecular weight is 261 g/mol. The molecule has 0 bridgehead atoms. The van der Waals surface area contributed by atoms with Crippen LogP contribution < -0.4 is 0 Å². The molecule has 0 N–H and O–H groups in total. The van der Waals surface area contributed by atoms with Crippen LogP contribution in [0.5, 0.6) is 0 Å². The fourth-order valence-electron chi connectivity index (χ4n) is 2.25. The minimum Gasteiger partial charge on any atom is -0.336 e. The van der Waals surface area contributed by atoms with Crippen LogP contribution in [0.3, 0.4) is 0 Å². The molecule has 100 valence electrons. The molecule has 2 rings (SSSR count). The number of nitrogens with zero attached hydrogens (tertiary/aromatic N) is 3. The monoisotopic (exact) mass is 261 g/mol. The van der Waals surface area contributed by atoms with E-state index in [4.69, 9.17) is 5.26 Å². The Morgan fingerprint density at radius 3 is 2.58 bits per heavy atom. The van der Waals surface area contributed by atoms with Crippen molar-refractivity contribution in [2.24, 2.45) is 0 Å². The van der Waals surface area contributed by atoms with Gasteiger partial charge >= 0.3 is 0 Å². The van der Waals surface area contributed by atoms with E-state index in [1.807, 2.05) is 4.90 Å². The van der Waals surface area contributed by atoms with E-state index >= 15 is 0 Å². The number of rotatable bonds is 2. The first-order chi connectivity index (χ1) is 9.10. The topological polar surface area (TPSA) is 47.3 Å². The van der Waals surface area contributed by atoms with Gasteiger partial charge < -0.3 is 4.90 Å². The summed E-state index contributed by atoms with van der Waals surface area (Å²) in [6.45, 7) is 4.69. The van der Waals surface area contributed by atoms with Crippen LogP contribution in [0.15, 0.2) is 18.2 Å². The van der Waals surface area contributed by atoms with E-state index in [9.17, 15) is 9.18 Å². The third kappa shape index (κ3) is 3.30. The van der Waals surface area contributed by atoms with Gasteiger partial charge in [0.05, 0.1) is 12.6 Å². The highest BCUT2D eigenvalue weighted by Gasteiger charge is 2.22. The van der Waals surface area contributed by atoms with Crippen LogP contribution in [0.25, 0.3) is 0 Å². The van der Waals surface area contributed by atoms with Crippen molar-refractivity contribution in [1.82, 2.24) is 9.80 Å². The predicted molar refractivity (Wildman–Crippen MR) is 69.1 cm³/mol. The second-order valence-electron chi connectivity index (χ2n) is 4.74. The molecule has 0 spiro atoms. The van der Waals surface area contributed by atoms with Crippen LogP contribution in [0.4, 0.5) is 4.39 Å². The van der Waals surface area contributed by atoms with Gasteiger partial charge in [-0.25, -0.2) is 4.39 Å². The molecule has 1 amide bonds. The molecule has 19 heavy (non-hydrogen) atoms. The van der Waals surface area contributed by atoms with Crippen LogP contribution >= 0.6 is 0 Å². The molecular formula is C14H16FN3O. The molecule has 0 saturated carbocycles. The zero-order valence-corrected chi connectivity index (χ0v) is 10.9. The number of carbonyl (C=O) groups is 1. The van der Waals surface area contributed by atoms with Gasteiger partial charge in [-0.3, -0.25) is 9.69 Å². The van der Waals surface area contributed by atoms with Crippen molar-refractivity contribution in [3.05, 3.63) is 35.1 Å². The van der Waals surface area contributed by atoms with Gasteiger partial charge in [-0.1, -0.05) is 0 Å². The van der Waals surface area contributed by atoms with Gasteiger partial charge in [0, 0.05) is 31.7 Å². The van der Waals surface area contributed by atoms with E-state index < -0.39 is 0 Å². The highest BCUT2D eigenvalue weighted by atomic mass is 19.1. The van der Waals surface area contributed by atoms with Gasteiger partial charge in [0.25, 0.3) is 5.91 Å². The first-order valence-corrected chi connectivity index (χ1v) is 6.26. The van der Waals surface area contributed by atoms with Gasteiger partial charge in [0.2, 0.25) is 0 Å². The first kappa shape index (κ1) is 13.5. The second kappa shape index (κ2) is 5.81. The van der Waals surface area contributed by atoms with Crippen molar-refractivity contribution in [3.63, 3.8) is 0 Å². The molecule has 1 aromatic carbocycles. The van der Waals surface area contributed by atoms with Crippen molar-refractivity contribution in [2.45, 2.75) is 6.92 Å². The summed E-state index contributed by atoms with van der Waals surface area (Å²) in [7, 11) is 0. The zero-order valence-electron chi connectivity index (χ0n) is 10.9. The fourth-order valence-corrected chi connectivity index (χ4v) is 2.25. The molecule has 1 saturated heterocycles. The van der Waals surface area contributed by atoms with Crippen LogP contribution in [-0.4, -0.2) is 48.4 Å². The fraction of sp³-hybridized carbons (Fsp3) is 0.429. The Bertz CT molecular complexity index is 496. The van der Waals surface area contributed by atoms with E-state index in [2.05, 4.69) is 6.07 Å². The predicted octanol–water partition coefficient (Wildman–Crippen LogP) is 1.42. The Kier molecular flexibility index (Phi) is 4.13. The van der Waals surface area contributed by atoms with Crippen molar-refractivity contribution >= 4 is 5.91 Å². The number of benzene rings is 1. The molecule has 0 aliphatic carbocycles. The molecule has 0 unspecified atom stereocenters. The standard InChI is InChI=1S/C14H16FN3O/c1-11-8-12(10-13(15)9-11)14(19)18-6-4-17(3-2-16)5-7-18/h8-10H,3-7H2,1H3. The molecule has 1 aromatic rings. The number of piperazine rings is 1. The summed E-state index contributed by atoms with van der Waals surface area (Å²) >= 11 is 0. The maximum absolute atomic E-state index is 13.3. The zero-order chi connectivity index (χ0) is 13.8. The Morgan fingerprint density at radius 2 is 2.00 bits per heavy atom. The van der Waals surface area contributed by atoms with Crippen molar-refractivity contribution in [1.29, 1.82) is 5.26 Å². The Labute approximate surface area is 112 Å². The SMILES string of the molecule is Cc1cc(F)cc(C(=O)N2CCN(CC#N)CC2)c1. The Morgan fingerprint density at radius 1 is 1.32 bits per heavy atom. The van der Waals surface area contributed by atoms with E-state index in [1.54, 1.807) is 17.9 Å².